The van der Waals surface area contributed by atoms with Crippen molar-refractivity contribution in [3.05, 3.63) is 71.4 Å². The molecule has 170 valence electrons. The quantitative estimate of drug-likeness (QED) is 0.498. The summed E-state index contributed by atoms with van der Waals surface area (Å²) in [5, 5.41) is 2.97. The molecule has 32 heavy (non-hydrogen) atoms. The van der Waals surface area contributed by atoms with E-state index in [2.05, 4.69) is 15.0 Å². The van der Waals surface area contributed by atoms with E-state index in [1.807, 2.05) is 0 Å². The average molecular weight is 454 g/mol. The van der Waals surface area contributed by atoms with Crippen LogP contribution in [0.4, 0.5) is 22.0 Å². The van der Waals surface area contributed by atoms with Gasteiger partial charge in [0.25, 0.3) is 5.91 Å². The molecule has 5 nitrogen and oxygen atoms in total. The number of rotatable bonds is 8. The third-order valence-electron chi connectivity index (χ3n) is 4.42. The molecule has 0 fully saturated rings. The van der Waals surface area contributed by atoms with Crippen molar-refractivity contribution in [3.8, 4) is 5.75 Å². The molecule has 0 aliphatic carbocycles. The standard InChI is InChI=1S/C22H19F5N2O3/c1-13(10-31-12-22(25,26)27)29-21(30)15-8-9-28-20-14(15)4-2-7-19(20)32-11-16-17(23)5-3-6-18(16)24/h2-9,13H,10-12H2,1H3,(H,29,30). The summed E-state index contributed by atoms with van der Waals surface area (Å²) in [6, 6.07) is 8.98. The number of fused-ring (bicyclic) bond motifs is 1. The predicted octanol–water partition coefficient (Wildman–Crippen LogP) is 4.79. The van der Waals surface area contributed by atoms with E-state index < -0.39 is 36.4 Å². The van der Waals surface area contributed by atoms with Crippen LogP contribution in [0.15, 0.2) is 48.7 Å². The first-order chi connectivity index (χ1) is 15.2. The minimum Gasteiger partial charge on any atom is -0.486 e. The van der Waals surface area contributed by atoms with Crippen LogP contribution in [-0.2, 0) is 11.3 Å². The van der Waals surface area contributed by atoms with Crippen LogP contribution in [0, 0.1) is 11.6 Å². The van der Waals surface area contributed by atoms with Crippen molar-refractivity contribution in [2.24, 2.45) is 0 Å². The van der Waals surface area contributed by atoms with Gasteiger partial charge in [-0.1, -0.05) is 18.2 Å². The van der Waals surface area contributed by atoms with E-state index in [0.29, 0.717) is 5.39 Å². The Kier molecular flexibility index (Phi) is 7.24. The van der Waals surface area contributed by atoms with Gasteiger partial charge in [-0.2, -0.15) is 13.2 Å². The zero-order valence-electron chi connectivity index (χ0n) is 16.9. The molecule has 1 aromatic heterocycles. The number of benzene rings is 2. The maximum atomic E-state index is 13.9. The predicted molar refractivity (Wildman–Crippen MR) is 106 cm³/mol. The van der Waals surface area contributed by atoms with Gasteiger partial charge in [-0.25, -0.2) is 8.78 Å². The van der Waals surface area contributed by atoms with Crippen LogP contribution in [0.5, 0.6) is 5.75 Å². The lowest BCUT2D eigenvalue weighted by atomic mass is 10.1. The molecule has 1 heterocycles. The molecule has 0 saturated heterocycles. The maximum absolute atomic E-state index is 13.9. The fourth-order valence-corrected chi connectivity index (χ4v) is 2.98. The van der Waals surface area contributed by atoms with Gasteiger partial charge in [0.05, 0.1) is 17.7 Å². The first-order valence-electron chi connectivity index (χ1n) is 9.54. The highest BCUT2D eigenvalue weighted by atomic mass is 19.4. The third kappa shape index (κ3) is 5.91. The molecule has 1 N–H and O–H groups in total. The van der Waals surface area contributed by atoms with Crippen molar-refractivity contribution < 1.29 is 36.2 Å². The molecule has 0 radical (unpaired) electrons. The number of ether oxygens (including phenoxy) is 2. The van der Waals surface area contributed by atoms with E-state index in [1.165, 1.54) is 25.3 Å². The second kappa shape index (κ2) is 9.90. The van der Waals surface area contributed by atoms with Crippen LogP contribution in [0.2, 0.25) is 0 Å². The number of para-hydroxylation sites is 1. The zero-order chi connectivity index (χ0) is 23.3. The van der Waals surface area contributed by atoms with Gasteiger partial charge in [0.1, 0.15) is 36.1 Å². The zero-order valence-corrected chi connectivity index (χ0v) is 16.9. The summed E-state index contributed by atoms with van der Waals surface area (Å²) in [6.07, 6.45) is -3.09. The van der Waals surface area contributed by atoms with Crippen molar-refractivity contribution in [2.45, 2.75) is 25.7 Å². The van der Waals surface area contributed by atoms with E-state index in [0.717, 1.165) is 12.1 Å². The number of carbonyl (C=O) groups excluding carboxylic acids is 1. The Balaban J connectivity index is 1.75. The lowest BCUT2D eigenvalue weighted by molar-refractivity contribution is -0.174. The Morgan fingerprint density at radius 2 is 1.78 bits per heavy atom. The lowest BCUT2D eigenvalue weighted by Gasteiger charge is -2.16. The second-order valence-electron chi connectivity index (χ2n) is 7.00. The minimum atomic E-state index is -4.45. The van der Waals surface area contributed by atoms with Gasteiger partial charge in [-0.15, -0.1) is 0 Å². The summed E-state index contributed by atoms with van der Waals surface area (Å²) >= 11 is 0. The molecular formula is C22H19F5N2O3. The summed E-state index contributed by atoms with van der Waals surface area (Å²) in [6.45, 7) is -0.607. The number of alkyl halides is 3. The molecule has 1 unspecified atom stereocenters. The summed E-state index contributed by atoms with van der Waals surface area (Å²) in [7, 11) is 0. The van der Waals surface area contributed by atoms with Gasteiger partial charge in [-0.3, -0.25) is 9.78 Å². The Hall–Kier alpha value is -3.27. The monoisotopic (exact) mass is 454 g/mol. The molecule has 3 aromatic rings. The van der Waals surface area contributed by atoms with E-state index in [9.17, 15) is 26.7 Å². The summed E-state index contributed by atoms with van der Waals surface area (Å²) in [4.78, 5) is 16.8. The molecule has 10 heteroatoms. The largest absolute Gasteiger partial charge is 0.486 e. The van der Waals surface area contributed by atoms with Crippen LogP contribution >= 0.6 is 0 Å². The van der Waals surface area contributed by atoms with Gasteiger partial charge >= 0.3 is 6.18 Å². The molecule has 0 saturated carbocycles. The minimum absolute atomic E-state index is 0.209. The van der Waals surface area contributed by atoms with Crippen LogP contribution in [0.25, 0.3) is 10.9 Å². The van der Waals surface area contributed by atoms with E-state index >= 15 is 0 Å². The highest BCUT2D eigenvalue weighted by Gasteiger charge is 2.27. The molecule has 1 amide bonds. The number of pyridine rings is 1. The van der Waals surface area contributed by atoms with Crippen LogP contribution in [0.3, 0.4) is 0 Å². The number of amides is 1. The number of aromatic nitrogens is 1. The molecule has 1 atom stereocenters. The lowest BCUT2D eigenvalue weighted by Crippen LogP contribution is -2.37. The van der Waals surface area contributed by atoms with E-state index in [1.54, 1.807) is 18.2 Å². The highest BCUT2D eigenvalue weighted by Crippen LogP contribution is 2.27. The van der Waals surface area contributed by atoms with Crippen LogP contribution < -0.4 is 10.1 Å². The SMILES string of the molecule is CC(COCC(F)(F)F)NC(=O)c1ccnc2c(OCc3c(F)cccc3F)cccc12. The number of halogens is 5. The van der Waals surface area contributed by atoms with Crippen molar-refractivity contribution >= 4 is 16.8 Å². The molecule has 2 aromatic carbocycles. The van der Waals surface area contributed by atoms with Crippen molar-refractivity contribution in [1.82, 2.24) is 10.3 Å². The van der Waals surface area contributed by atoms with Gasteiger partial charge in [-0.05, 0) is 31.2 Å². The Labute approximate surface area is 180 Å². The van der Waals surface area contributed by atoms with Crippen molar-refractivity contribution in [1.29, 1.82) is 0 Å². The number of nitrogens with one attached hydrogen (secondary N) is 1. The molecule has 0 spiro atoms. The topological polar surface area (TPSA) is 60.5 Å². The summed E-state index contributed by atoms with van der Waals surface area (Å²) < 4.78 is 74.4. The first-order valence-corrected chi connectivity index (χ1v) is 9.54. The fourth-order valence-electron chi connectivity index (χ4n) is 2.98. The maximum Gasteiger partial charge on any atom is 0.411 e. The number of hydrogen-bond donors (Lipinski definition) is 1. The molecule has 0 bridgehead atoms. The number of carbonyl (C=O) groups is 1. The average Bonchev–Trinajstić information content (AvgIpc) is 2.72. The van der Waals surface area contributed by atoms with Crippen LogP contribution in [0.1, 0.15) is 22.8 Å². The van der Waals surface area contributed by atoms with Crippen molar-refractivity contribution in [3.63, 3.8) is 0 Å². The molecule has 0 aliphatic rings. The fraction of sp³-hybridized carbons (Fsp3) is 0.273. The molecule has 0 aliphatic heterocycles. The first kappa shape index (κ1) is 23.4. The Morgan fingerprint density at radius 1 is 1.09 bits per heavy atom. The number of nitrogens with zero attached hydrogens (tertiary/aromatic N) is 1. The molecular weight excluding hydrogens is 435 g/mol. The smallest absolute Gasteiger partial charge is 0.411 e. The Bertz CT molecular complexity index is 1080. The Morgan fingerprint density at radius 3 is 2.47 bits per heavy atom. The van der Waals surface area contributed by atoms with E-state index in [4.69, 9.17) is 4.74 Å². The van der Waals surface area contributed by atoms with Gasteiger partial charge in [0.2, 0.25) is 0 Å². The normalized spacial score (nSPS) is 12.6. The summed E-state index contributed by atoms with van der Waals surface area (Å²) in [5.74, 6) is -1.83. The van der Waals surface area contributed by atoms with Gasteiger partial charge < -0.3 is 14.8 Å². The third-order valence-corrected chi connectivity index (χ3v) is 4.42. The van der Waals surface area contributed by atoms with Crippen LogP contribution in [-0.4, -0.2) is 36.3 Å². The second-order valence-corrected chi connectivity index (χ2v) is 7.00. The van der Waals surface area contributed by atoms with E-state index in [-0.39, 0.29) is 35.6 Å². The highest BCUT2D eigenvalue weighted by molar-refractivity contribution is 6.07. The van der Waals surface area contributed by atoms with Gasteiger partial charge in [0, 0.05) is 17.6 Å². The van der Waals surface area contributed by atoms with Gasteiger partial charge in [0.15, 0.2) is 0 Å². The number of hydrogen-bond acceptors (Lipinski definition) is 4. The van der Waals surface area contributed by atoms with Crippen molar-refractivity contribution in [2.75, 3.05) is 13.2 Å². The summed E-state index contributed by atoms with van der Waals surface area (Å²) in [5.41, 5.74) is 0.254. The molecule has 3 rings (SSSR count).